The second-order valence-electron chi connectivity index (χ2n) is 7.18. The quantitative estimate of drug-likeness (QED) is 0.792. The van der Waals surface area contributed by atoms with Crippen molar-refractivity contribution >= 4 is 5.97 Å². The van der Waals surface area contributed by atoms with Gasteiger partial charge < -0.3 is 10.0 Å². The van der Waals surface area contributed by atoms with E-state index >= 15 is 0 Å². The Morgan fingerprint density at radius 3 is 2.11 bits per heavy atom. The smallest absolute Gasteiger partial charge is 0.307 e. The molecule has 1 rings (SSSR count). The van der Waals surface area contributed by atoms with E-state index < -0.39 is 5.97 Å². The van der Waals surface area contributed by atoms with Crippen molar-refractivity contribution in [2.45, 2.75) is 53.9 Å². The maximum Gasteiger partial charge on any atom is 0.307 e. The molecular weight excluding hydrogens is 226 g/mol. The van der Waals surface area contributed by atoms with Gasteiger partial charge in [-0.3, -0.25) is 4.79 Å². The van der Waals surface area contributed by atoms with Crippen LogP contribution in [0.2, 0.25) is 0 Å². The van der Waals surface area contributed by atoms with Crippen LogP contribution in [0.4, 0.5) is 0 Å². The van der Waals surface area contributed by atoms with Crippen molar-refractivity contribution in [1.29, 1.82) is 0 Å². The van der Waals surface area contributed by atoms with Gasteiger partial charge in [-0.25, -0.2) is 0 Å². The van der Waals surface area contributed by atoms with E-state index in [1.54, 1.807) is 0 Å². The van der Waals surface area contributed by atoms with Gasteiger partial charge >= 0.3 is 5.97 Å². The van der Waals surface area contributed by atoms with Gasteiger partial charge in [0.25, 0.3) is 0 Å². The fourth-order valence-electron chi connectivity index (χ4n) is 3.01. The maximum absolute atomic E-state index is 11.3. The van der Waals surface area contributed by atoms with Gasteiger partial charge in [-0.1, -0.05) is 34.6 Å². The molecule has 0 aromatic heterocycles. The SMILES string of the molecule is CCC1(CC)CN(CC(CC(C)(C)C)C(=O)O)C1. The lowest BCUT2D eigenvalue weighted by Crippen LogP contribution is -2.57. The molecule has 1 N–H and O–H groups in total. The highest BCUT2D eigenvalue weighted by atomic mass is 16.4. The van der Waals surface area contributed by atoms with Gasteiger partial charge in [-0.05, 0) is 30.1 Å². The number of carboxylic acids is 1. The fourth-order valence-corrected chi connectivity index (χ4v) is 3.01. The van der Waals surface area contributed by atoms with Crippen LogP contribution in [-0.4, -0.2) is 35.6 Å². The Bertz CT molecular complexity index is 281. The Kier molecular flexibility index (Phi) is 4.82. The molecule has 0 saturated carbocycles. The molecule has 0 aromatic rings. The number of nitrogens with zero attached hydrogens (tertiary/aromatic N) is 1. The highest BCUT2D eigenvalue weighted by Crippen LogP contribution is 2.38. The van der Waals surface area contributed by atoms with E-state index in [-0.39, 0.29) is 11.3 Å². The van der Waals surface area contributed by atoms with Crippen molar-refractivity contribution in [2.75, 3.05) is 19.6 Å². The van der Waals surface area contributed by atoms with E-state index in [1.807, 2.05) is 0 Å². The minimum absolute atomic E-state index is 0.0839. The van der Waals surface area contributed by atoms with Gasteiger partial charge in [0.15, 0.2) is 0 Å². The largest absolute Gasteiger partial charge is 0.481 e. The van der Waals surface area contributed by atoms with Crippen molar-refractivity contribution < 1.29 is 9.90 Å². The molecule has 106 valence electrons. The van der Waals surface area contributed by atoms with E-state index in [1.165, 1.54) is 12.8 Å². The van der Waals surface area contributed by atoms with Gasteiger partial charge in [0.05, 0.1) is 5.92 Å². The number of hydrogen-bond acceptors (Lipinski definition) is 2. The monoisotopic (exact) mass is 255 g/mol. The molecule has 0 radical (unpaired) electrons. The van der Waals surface area contributed by atoms with E-state index in [0.29, 0.717) is 12.0 Å². The summed E-state index contributed by atoms with van der Waals surface area (Å²) in [6.07, 6.45) is 3.16. The summed E-state index contributed by atoms with van der Waals surface area (Å²) in [4.78, 5) is 13.6. The molecule has 0 spiro atoms. The molecule has 1 atom stereocenters. The summed E-state index contributed by atoms with van der Waals surface area (Å²) >= 11 is 0. The minimum atomic E-state index is -0.643. The standard InChI is InChI=1S/C15H29NO2/c1-6-15(7-2)10-16(11-15)9-12(13(17)18)8-14(3,4)5/h12H,6-11H2,1-5H3,(H,17,18). The predicted octanol–water partition coefficient (Wildman–Crippen LogP) is 3.25. The van der Waals surface area contributed by atoms with Crippen molar-refractivity contribution in [3.8, 4) is 0 Å². The second kappa shape index (κ2) is 5.60. The minimum Gasteiger partial charge on any atom is -0.481 e. The first-order valence-corrected chi connectivity index (χ1v) is 7.16. The van der Waals surface area contributed by atoms with Crippen LogP contribution in [0.25, 0.3) is 0 Å². The molecule has 1 aliphatic rings. The number of hydrogen-bond donors (Lipinski definition) is 1. The van der Waals surface area contributed by atoms with E-state index in [2.05, 4.69) is 39.5 Å². The van der Waals surface area contributed by atoms with Gasteiger partial charge in [-0.2, -0.15) is 0 Å². The first-order valence-electron chi connectivity index (χ1n) is 7.16. The Morgan fingerprint density at radius 2 is 1.78 bits per heavy atom. The van der Waals surface area contributed by atoms with Crippen LogP contribution in [0.3, 0.4) is 0 Å². The Labute approximate surface area is 112 Å². The number of carboxylic acid groups (broad SMARTS) is 1. The molecule has 0 bridgehead atoms. The fraction of sp³-hybridized carbons (Fsp3) is 0.933. The third-order valence-electron chi connectivity index (χ3n) is 4.30. The third-order valence-corrected chi connectivity index (χ3v) is 4.30. The van der Waals surface area contributed by atoms with Gasteiger partial charge in [0, 0.05) is 19.6 Å². The van der Waals surface area contributed by atoms with Crippen molar-refractivity contribution in [2.24, 2.45) is 16.7 Å². The molecule has 18 heavy (non-hydrogen) atoms. The topological polar surface area (TPSA) is 40.5 Å². The van der Waals surface area contributed by atoms with Crippen molar-refractivity contribution in [3.05, 3.63) is 0 Å². The Morgan fingerprint density at radius 1 is 1.28 bits per heavy atom. The van der Waals surface area contributed by atoms with Crippen LogP contribution in [0.5, 0.6) is 0 Å². The zero-order valence-corrected chi connectivity index (χ0v) is 12.6. The molecule has 0 amide bonds. The summed E-state index contributed by atoms with van der Waals surface area (Å²) in [7, 11) is 0. The zero-order valence-electron chi connectivity index (χ0n) is 12.6. The molecule has 1 fully saturated rings. The average Bonchev–Trinajstić information content (AvgIpc) is 2.19. The Balaban J connectivity index is 2.48. The first-order chi connectivity index (χ1) is 8.21. The summed E-state index contributed by atoms with van der Waals surface area (Å²) in [6, 6.07) is 0. The molecule has 3 heteroatoms. The summed E-state index contributed by atoms with van der Waals surface area (Å²) < 4.78 is 0. The van der Waals surface area contributed by atoms with Crippen LogP contribution < -0.4 is 0 Å². The molecular formula is C15H29NO2. The molecule has 1 heterocycles. The zero-order chi connectivity index (χ0) is 14.0. The van der Waals surface area contributed by atoms with Crippen LogP contribution in [0.15, 0.2) is 0 Å². The molecule has 1 unspecified atom stereocenters. The lowest BCUT2D eigenvalue weighted by Gasteiger charge is -2.51. The van der Waals surface area contributed by atoms with Gasteiger partial charge in [0.2, 0.25) is 0 Å². The lowest BCUT2D eigenvalue weighted by molar-refractivity contribution is -0.145. The number of carbonyl (C=O) groups is 1. The van der Waals surface area contributed by atoms with Gasteiger partial charge in [0.1, 0.15) is 0 Å². The van der Waals surface area contributed by atoms with Gasteiger partial charge in [-0.15, -0.1) is 0 Å². The molecule has 1 aliphatic heterocycles. The van der Waals surface area contributed by atoms with Crippen LogP contribution >= 0.6 is 0 Å². The normalized spacial score (nSPS) is 21.4. The average molecular weight is 255 g/mol. The third kappa shape index (κ3) is 3.98. The highest BCUT2D eigenvalue weighted by Gasteiger charge is 2.41. The predicted molar refractivity (Wildman–Crippen MR) is 74.7 cm³/mol. The number of likely N-dealkylation sites (tertiary alicyclic amines) is 1. The van der Waals surface area contributed by atoms with Crippen molar-refractivity contribution in [3.63, 3.8) is 0 Å². The highest BCUT2D eigenvalue weighted by molar-refractivity contribution is 5.70. The summed E-state index contributed by atoms with van der Waals surface area (Å²) in [5.74, 6) is -0.868. The van der Waals surface area contributed by atoms with E-state index in [4.69, 9.17) is 0 Å². The molecule has 0 aromatic carbocycles. The summed E-state index contributed by atoms with van der Waals surface area (Å²) in [6.45, 7) is 13.7. The van der Waals surface area contributed by atoms with E-state index in [9.17, 15) is 9.90 Å². The molecule has 0 aliphatic carbocycles. The first kappa shape index (κ1) is 15.5. The van der Waals surface area contributed by atoms with E-state index in [0.717, 1.165) is 19.5 Å². The number of aliphatic carboxylic acids is 1. The van der Waals surface area contributed by atoms with Crippen LogP contribution in [0.1, 0.15) is 53.9 Å². The summed E-state index contributed by atoms with van der Waals surface area (Å²) in [5, 5.41) is 9.32. The number of rotatable bonds is 6. The van der Waals surface area contributed by atoms with Crippen LogP contribution in [-0.2, 0) is 4.79 Å². The molecule has 1 saturated heterocycles. The Hall–Kier alpha value is -0.570. The molecule has 3 nitrogen and oxygen atoms in total. The second-order valence-corrected chi connectivity index (χ2v) is 7.18. The van der Waals surface area contributed by atoms with Crippen LogP contribution in [0, 0.1) is 16.7 Å². The lowest BCUT2D eigenvalue weighted by atomic mass is 9.74. The maximum atomic E-state index is 11.3. The summed E-state index contributed by atoms with van der Waals surface area (Å²) in [5.41, 5.74) is 0.547. The van der Waals surface area contributed by atoms with Crippen molar-refractivity contribution in [1.82, 2.24) is 4.90 Å².